The molecule has 1 N–H and O–H groups in total. The minimum atomic E-state index is -0.609. The van der Waals surface area contributed by atoms with Gasteiger partial charge in [-0.3, -0.25) is 4.79 Å². The van der Waals surface area contributed by atoms with Crippen molar-refractivity contribution in [2.24, 2.45) is 0 Å². The maximum absolute atomic E-state index is 12.4. The van der Waals surface area contributed by atoms with Gasteiger partial charge in [0.15, 0.2) is 6.10 Å². The fraction of sp³-hybridized carbons (Fsp3) is 0.316. The molecular formula is C19H23NO3. The molecule has 0 aliphatic carbocycles. The Morgan fingerprint density at radius 3 is 2.26 bits per heavy atom. The summed E-state index contributed by atoms with van der Waals surface area (Å²) in [5, 5.41) is 2.96. The average molecular weight is 313 g/mol. The Hall–Kier alpha value is -2.49. The van der Waals surface area contributed by atoms with E-state index in [-0.39, 0.29) is 5.91 Å². The quantitative estimate of drug-likeness (QED) is 0.906. The number of hydrogen-bond donors (Lipinski definition) is 1. The Kier molecular flexibility index (Phi) is 5.27. The SMILES string of the molecule is COc1cccc(O[C@H](C)C(=O)Nc2c(C)cc(C)cc2C)c1. The van der Waals surface area contributed by atoms with Gasteiger partial charge in [0.1, 0.15) is 11.5 Å². The molecule has 1 amide bonds. The number of benzene rings is 2. The molecule has 4 nitrogen and oxygen atoms in total. The lowest BCUT2D eigenvalue weighted by atomic mass is 10.0. The summed E-state index contributed by atoms with van der Waals surface area (Å²) < 4.78 is 10.9. The number of amides is 1. The molecule has 2 aromatic carbocycles. The summed E-state index contributed by atoms with van der Waals surface area (Å²) in [6, 6.07) is 11.3. The summed E-state index contributed by atoms with van der Waals surface area (Å²) in [7, 11) is 1.60. The highest BCUT2D eigenvalue weighted by atomic mass is 16.5. The fourth-order valence-electron chi connectivity index (χ4n) is 2.53. The van der Waals surface area contributed by atoms with Crippen molar-refractivity contribution in [3.8, 4) is 11.5 Å². The second-order valence-electron chi connectivity index (χ2n) is 5.70. The van der Waals surface area contributed by atoms with Crippen LogP contribution in [0, 0.1) is 20.8 Å². The number of carbonyl (C=O) groups is 1. The topological polar surface area (TPSA) is 47.6 Å². The summed E-state index contributed by atoms with van der Waals surface area (Å²) in [6.07, 6.45) is -0.609. The van der Waals surface area contributed by atoms with Gasteiger partial charge < -0.3 is 14.8 Å². The van der Waals surface area contributed by atoms with Crippen LogP contribution in [0.15, 0.2) is 36.4 Å². The first-order valence-corrected chi connectivity index (χ1v) is 7.60. The summed E-state index contributed by atoms with van der Waals surface area (Å²) >= 11 is 0. The van der Waals surface area contributed by atoms with Gasteiger partial charge in [-0.2, -0.15) is 0 Å². The normalized spacial score (nSPS) is 11.7. The minimum Gasteiger partial charge on any atom is -0.497 e. The average Bonchev–Trinajstić information content (AvgIpc) is 2.50. The van der Waals surface area contributed by atoms with Crippen molar-refractivity contribution < 1.29 is 14.3 Å². The molecule has 4 heteroatoms. The van der Waals surface area contributed by atoms with E-state index in [4.69, 9.17) is 9.47 Å². The van der Waals surface area contributed by atoms with Crippen LogP contribution in [0.4, 0.5) is 5.69 Å². The molecule has 0 fully saturated rings. The first-order chi connectivity index (χ1) is 10.9. The molecule has 0 heterocycles. The summed E-state index contributed by atoms with van der Waals surface area (Å²) in [6.45, 7) is 7.75. The number of nitrogens with one attached hydrogen (secondary N) is 1. The van der Waals surface area contributed by atoms with Crippen LogP contribution in [0.3, 0.4) is 0 Å². The number of methoxy groups -OCH3 is 1. The zero-order valence-corrected chi connectivity index (χ0v) is 14.3. The molecular weight excluding hydrogens is 290 g/mol. The number of anilines is 1. The second-order valence-corrected chi connectivity index (χ2v) is 5.70. The van der Waals surface area contributed by atoms with Gasteiger partial charge in [0.2, 0.25) is 0 Å². The van der Waals surface area contributed by atoms with Crippen LogP contribution < -0.4 is 14.8 Å². The van der Waals surface area contributed by atoms with Gasteiger partial charge >= 0.3 is 0 Å². The van der Waals surface area contributed by atoms with Crippen molar-refractivity contribution in [3.63, 3.8) is 0 Å². The standard InChI is InChI=1S/C19H23NO3/c1-12-9-13(2)18(14(3)10-12)20-19(21)15(4)23-17-8-6-7-16(11-17)22-5/h6-11,15H,1-5H3,(H,20,21)/t15-/m1/s1. The Labute approximate surface area is 137 Å². The van der Waals surface area contributed by atoms with Crippen LogP contribution in [0.25, 0.3) is 0 Å². The van der Waals surface area contributed by atoms with Crippen LogP contribution in [0.2, 0.25) is 0 Å². The molecule has 2 rings (SSSR count). The van der Waals surface area contributed by atoms with Gasteiger partial charge in [-0.05, 0) is 51.0 Å². The van der Waals surface area contributed by atoms with E-state index < -0.39 is 6.10 Å². The third kappa shape index (κ3) is 4.25. The van der Waals surface area contributed by atoms with Crippen molar-refractivity contribution in [3.05, 3.63) is 53.1 Å². The van der Waals surface area contributed by atoms with Gasteiger partial charge in [0.25, 0.3) is 5.91 Å². The maximum atomic E-state index is 12.4. The number of aryl methyl sites for hydroxylation is 3. The minimum absolute atomic E-state index is 0.178. The summed E-state index contributed by atoms with van der Waals surface area (Å²) in [4.78, 5) is 12.4. The van der Waals surface area contributed by atoms with Crippen LogP contribution in [0.1, 0.15) is 23.6 Å². The first kappa shape index (κ1) is 16.9. The van der Waals surface area contributed by atoms with Gasteiger partial charge in [-0.15, -0.1) is 0 Å². The molecule has 0 saturated carbocycles. The second kappa shape index (κ2) is 7.18. The molecule has 0 bridgehead atoms. The highest BCUT2D eigenvalue weighted by Crippen LogP contribution is 2.23. The molecule has 0 radical (unpaired) electrons. The van der Waals surface area contributed by atoms with E-state index in [9.17, 15) is 4.79 Å². The molecule has 0 aromatic heterocycles. The maximum Gasteiger partial charge on any atom is 0.265 e. The van der Waals surface area contributed by atoms with Crippen molar-refractivity contribution in [2.75, 3.05) is 12.4 Å². The highest BCUT2D eigenvalue weighted by molar-refractivity contribution is 5.95. The molecule has 122 valence electrons. The van der Waals surface area contributed by atoms with E-state index >= 15 is 0 Å². The third-order valence-electron chi connectivity index (χ3n) is 3.65. The van der Waals surface area contributed by atoms with Crippen LogP contribution >= 0.6 is 0 Å². The molecule has 0 saturated heterocycles. The lowest BCUT2D eigenvalue weighted by molar-refractivity contribution is -0.122. The van der Waals surface area contributed by atoms with E-state index in [0.717, 1.165) is 16.8 Å². The van der Waals surface area contributed by atoms with Gasteiger partial charge in [-0.1, -0.05) is 23.8 Å². The van der Waals surface area contributed by atoms with Crippen LogP contribution in [0.5, 0.6) is 11.5 Å². The summed E-state index contributed by atoms with van der Waals surface area (Å²) in [5.74, 6) is 1.12. The predicted octanol–water partition coefficient (Wildman–Crippen LogP) is 4.03. The van der Waals surface area contributed by atoms with Crippen molar-refractivity contribution in [2.45, 2.75) is 33.8 Å². The predicted molar refractivity (Wildman–Crippen MR) is 92.4 cm³/mol. The van der Waals surface area contributed by atoms with E-state index in [1.54, 1.807) is 26.2 Å². The van der Waals surface area contributed by atoms with Gasteiger partial charge in [0, 0.05) is 11.8 Å². The fourth-order valence-corrected chi connectivity index (χ4v) is 2.53. The van der Waals surface area contributed by atoms with E-state index in [2.05, 4.69) is 17.4 Å². The Morgan fingerprint density at radius 1 is 1.04 bits per heavy atom. The number of rotatable bonds is 5. The number of ether oxygens (including phenoxy) is 2. The third-order valence-corrected chi connectivity index (χ3v) is 3.65. The lowest BCUT2D eigenvalue weighted by Gasteiger charge is -2.18. The van der Waals surface area contributed by atoms with Crippen LogP contribution in [-0.2, 0) is 4.79 Å². The Morgan fingerprint density at radius 2 is 1.65 bits per heavy atom. The zero-order chi connectivity index (χ0) is 17.0. The molecule has 0 aliphatic rings. The molecule has 0 spiro atoms. The molecule has 0 aliphatic heterocycles. The Bertz CT molecular complexity index is 687. The van der Waals surface area contributed by atoms with Gasteiger partial charge in [0.05, 0.1) is 7.11 Å². The monoisotopic (exact) mass is 313 g/mol. The molecule has 0 unspecified atom stereocenters. The van der Waals surface area contributed by atoms with Crippen molar-refractivity contribution >= 4 is 11.6 Å². The molecule has 1 atom stereocenters. The smallest absolute Gasteiger partial charge is 0.265 e. The highest BCUT2D eigenvalue weighted by Gasteiger charge is 2.17. The van der Waals surface area contributed by atoms with Crippen molar-refractivity contribution in [1.82, 2.24) is 0 Å². The first-order valence-electron chi connectivity index (χ1n) is 7.60. The van der Waals surface area contributed by atoms with Crippen molar-refractivity contribution in [1.29, 1.82) is 0 Å². The summed E-state index contributed by atoms with van der Waals surface area (Å²) in [5.41, 5.74) is 4.12. The molecule has 2 aromatic rings. The number of carbonyl (C=O) groups excluding carboxylic acids is 1. The lowest BCUT2D eigenvalue weighted by Crippen LogP contribution is -2.30. The largest absolute Gasteiger partial charge is 0.497 e. The van der Waals surface area contributed by atoms with E-state index in [0.29, 0.717) is 11.5 Å². The van der Waals surface area contributed by atoms with E-state index in [1.807, 2.05) is 32.9 Å². The van der Waals surface area contributed by atoms with Gasteiger partial charge in [-0.25, -0.2) is 0 Å². The van der Waals surface area contributed by atoms with E-state index in [1.165, 1.54) is 5.56 Å². The van der Waals surface area contributed by atoms with Crippen LogP contribution in [-0.4, -0.2) is 19.1 Å². The molecule has 23 heavy (non-hydrogen) atoms. The Balaban J connectivity index is 2.08. The number of hydrogen-bond acceptors (Lipinski definition) is 3. The zero-order valence-electron chi connectivity index (χ0n) is 14.3.